The van der Waals surface area contributed by atoms with Crippen LogP contribution in [0.25, 0.3) is 0 Å². The summed E-state index contributed by atoms with van der Waals surface area (Å²) < 4.78 is 18.4. The van der Waals surface area contributed by atoms with E-state index in [2.05, 4.69) is 5.32 Å². The molecule has 0 aliphatic carbocycles. The average Bonchev–Trinajstić information content (AvgIpc) is 2.50. The van der Waals surface area contributed by atoms with Crippen LogP contribution in [0.4, 0.5) is 21.5 Å². The van der Waals surface area contributed by atoms with Gasteiger partial charge in [0.1, 0.15) is 23.9 Å². The number of carbonyl (C=O) groups is 1. The van der Waals surface area contributed by atoms with Gasteiger partial charge in [-0.15, -0.1) is 0 Å². The minimum atomic E-state index is -0.340. The Labute approximate surface area is 127 Å². The topological polar surface area (TPSA) is 67.6 Å². The zero-order chi connectivity index (χ0) is 15.5. The first kappa shape index (κ1) is 14.2. The van der Waals surface area contributed by atoms with Gasteiger partial charge in [-0.1, -0.05) is 6.07 Å². The molecule has 0 fully saturated rings. The molecule has 1 aliphatic heterocycles. The predicted octanol–water partition coefficient (Wildman–Crippen LogP) is 2.25. The van der Waals surface area contributed by atoms with Gasteiger partial charge >= 0.3 is 0 Å². The summed E-state index contributed by atoms with van der Waals surface area (Å²) in [5, 5.41) is 2.74. The van der Waals surface area contributed by atoms with Crippen molar-refractivity contribution in [2.75, 3.05) is 35.6 Å². The first-order chi connectivity index (χ1) is 10.6. The summed E-state index contributed by atoms with van der Waals surface area (Å²) in [6, 6.07) is 11.1. The Morgan fingerprint density at radius 3 is 2.82 bits per heavy atom. The minimum Gasteiger partial charge on any atom is -0.489 e. The fourth-order valence-electron chi connectivity index (χ4n) is 2.44. The van der Waals surface area contributed by atoms with Gasteiger partial charge in [-0.2, -0.15) is 0 Å². The molecule has 0 aromatic heterocycles. The summed E-state index contributed by atoms with van der Waals surface area (Å²) in [4.78, 5) is 14.0. The van der Waals surface area contributed by atoms with E-state index in [1.54, 1.807) is 6.07 Å². The number of amides is 1. The van der Waals surface area contributed by atoms with Gasteiger partial charge in [0.15, 0.2) is 0 Å². The number of benzene rings is 2. The molecule has 2 aromatic rings. The average molecular weight is 301 g/mol. The standard InChI is InChI=1S/C16H16FN3O2/c17-11-4-6-12(7-5-11)19-15(21)10-20-8-9-22-14-3-1-2-13(18)16(14)20/h1-7H,8-10,18H2,(H,19,21). The van der Waals surface area contributed by atoms with E-state index in [1.165, 1.54) is 24.3 Å². The van der Waals surface area contributed by atoms with Crippen LogP contribution >= 0.6 is 0 Å². The van der Waals surface area contributed by atoms with Crippen molar-refractivity contribution in [3.63, 3.8) is 0 Å². The van der Waals surface area contributed by atoms with Gasteiger partial charge < -0.3 is 20.7 Å². The lowest BCUT2D eigenvalue weighted by molar-refractivity contribution is -0.115. The lowest BCUT2D eigenvalue weighted by atomic mass is 10.2. The molecule has 114 valence electrons. The van der Waals surface area contributed by atoms with E-state index in [-0.39, 0.29) is 18.3 Å². The Hall–Kier alpha value is -2.76. The number of rotatable bonds is 3. The highest BCUT2D eigenvalue weighted by molar-refractivity contribution is 5.95. The smallest absolute Gasteiger partial charge is 0.243 e. The highest BCUT2D eigenvalue weighted by Gasteiger charge is 2.22. The molecule has 1 amide bonds. The lowest BCUT2D eigenvalue weighted by Crippen LogP contribution is -2.39. The van der Waals surface area contributed by atoms with E-state index in [1.807, 2.05) is 17.0 Å². The Morgan fingerprint density at radius 2 is 2.05 bits per heavy atom. The van der Waals surface area contributed by atoms with Crippen molar-refractivity contribution in [2.24, 2.45) is 0 Å². The van der Waals surface area contributed by atoms with E-state index in [0.29, 0.717) is 30.3 Å². The van der Waals surface area contributed by atoms with Gasteiger partial charge in [-0.3, -0.25) is 4.79 Å². The van der Waals surface area contributed by atoms with E-state index >= 15 is 0 Å². The third-order valence-electron chi connectivity index (χ3n) is 3.43. The molecule has 0 saturated carbocycles. The fourth-order valence-corrected chi connectivity index (χ4v) is 2.44. The summed E-state index contributed by atoms with van der Waals surface area (Å²) in [7, 11) is 0. The number of halogens is 1. The molecule has 2 aromatic carbocycles. The molecule has 5 nitrogen and oxygen atoms in total. The zero-order valence-electron chi connectivity index (χ0n) is 11.9. The Kier molecular flexibility index (Phi) is 3.82. The molecule has 0 unspecified atom stereocenters. The molecular formula is C16H16FN3O2. The van der Waals surface area contributed by atoms with Crippen LogP contribution in [0.1, 0.15) is 0 Å². The number of nitrogens with zero attached hydrogens (tertiary/aromatic N) is 1. The highest BCUT2D eigenvalue weighted by Crippen LogP contribution is 2.36. The summed E-state index contributed by atoms with van der Waals surface area (Å²) >= 11 is 0. The number of carbonyl (C=O) groups excluding carboxylic acids is 1. The summed E-state index contributed by atoms with van der Waals surface area (Å²) in [6.45, 7) is 1.24. The maximum atomic E-state index is 12.9. The molecule has 0 saturated heterocycles. The minimum absolute atomic E-state index is 0.155. The van der Waals surface area contributed by atoms with Crippen molar-refractivity contribution in [1.29, 1.82) is 0 Å². The molecule has 6 heteroatoms. The Bertz CT molecular complexity index is 688. The monoisotopic (exact) mass is 301 g/mol. The lowest BCUT2D eigenvalue weighted by Gasteiger charge is -2.31. The van der Waals surface area contributed by atoms with E-state index in [4.69, 9.17) is 10.5 Å². The fraction of sp³-hybridized carbons (Fsp3) is 0.188. The first-order valence-corrected chi connectivity index (χ1v) is 6.95. The van der Waals surface area contributed by atoms with Gasteiger partial charge in [-0.25, -0.2) is 4.39 Å². The Morgan fingerprint density at radius 1 is 1.27 bits per heavy atom. The van der Waals surface area contributed by atoms with Gasteiger partial charge in [0.05, 0.1) is 18.8 Å². The van der Waals surface area contributed by atoms with Gasteiger partial charge in [0.2, 0.25) is 5.91 Å². The van der Waals surface area contributed by atoms with Gasteiger partial charge in [-0.05, 0) is 36.4 Å². The number of nitrogens with one attached hydrogen (secondary N) is 1. The molecule has 3 N–H and O–H groups in total. The molecular weight excluding hydrogens is 285 g/mol. The second-order valence-corrected chi connectivity index (χ2v) is 5.02. The number of nitrogen functional groups attached to an aromatic ring is 1. The van der Waals surface area contributed by atoms with Crippen LogP contribution in [-0.2, 0) is 4.79 Å². The second kappa shape index (κ2) is 5.93. The van der Waals surface area contributed by atoms with Crippen LogP contribution in [-0.4, -0.2) is 25.6 Å². The number of hydrogen-bond donors (Lipinski definition) is 2. The third-order valence-corrected chi connectivity index (χ3v) is 3.43. The first-order valence-electron chi connectivity index (χ1n) is 6.95. The van der Waals surface area contributed by atoms with E-state index < -0.39 is 0 Å². The van der Waals surface area contributed by atoms with Crippen LogP contribution in [0, 0.1) is 5.82 Å². The van der Waals surface area contributed by atoms with Crippen molar-refractivity contribution in [1.82, 2.24) is 0 Å². The van der Waals surface area contributed by atoms with Crippen LogP contribution < -0.4 is 20.7 Å². The third kappa shape index (κ3) is 2.95. The van der Waals surface area contributed by atoms with E-state index in [9.17, 15) is 9.18 Å². The molecule has 22 heavy (non-hydrogen) atoms. The molecule has 1 aliphatic rings. The summed E-state index contributed by atoms with van der Waals surface area (Å²) in [5.41, 5.74) is 7.85. The number of nitrogens with two attached hydrogens (primary N) is 1. The SMILES string of the molecule is Nc1cccc2c1N(CC(=O)Nc1ccc(F)cc1)CCO2. The van der Waals surface area contributed by atoms with E-state index in [0.717, 1.165) is 5.69 Å². The zero-order valence-corrected chi connectivity index (χ0v) is 11.9. The number of fused-ring (bicyclic) bond motifs is 1. The van der Waals surface area contributed by atoms with Crippen molar-refractivity contribution >= 4 is 23.0 Å². The number of para-hydroxylation sites is 1. The van der Waals surface area contributed by atoms with Gasteiger partial charge in [0, 0.05) is 5.69 Å². The highest BCUT2D eigenvalue weighted by atomic mass is 19.1. The van der Waals surface area contributed by atoms with Gasteiger partial charge in [0.25, 0.3) is 0 Å². The molecule has 1 heterocycles. The van der Waals surface area contributed by atoms with Crippen molar-refractivity contribution in [2.45, 2.75) is 0 Å². The van der Waals surface area contributed by atoms with Crippen molar-refractivity contribution < 1.29 is 13.9 Å². The normalized spacial score (nSPS) is 13.2. The maximum Gasteiger partial charge on any atom is 0.243 e. The molecule has 3 rings (SSSR count). The van der Waals surface area contributed by atoms with Crippen molar-refractivity contribution in [3.05, 3.63) is 48.3 Å². The molecule has 0 radical (unpaired) electrons. The molecule has 0 atom stereocenters. The number of hydrogen-bond acceptors (Lipinski definition) is 4. The molecule has 0 spiro atoms. The van der Waals surface area contributed by atoms with Crippen LogP contribution in [0.3, 0.4) is 0 Å². The summed E-state index contributed by atoms with van der Waals surface area (Å²) in [5.74, 6) is 0.149. The maximum absolute atomic E-state index is 12.9. The quantitative estimate of drug-likeness (QED) is 0.853. The largest absolute Gasteiger partial charge is 0.489 e. The summed E-state index contributed by atoms with van der Waals surface area (Å²) in [6.07, 6.45) is 0. The number of anilines is 3. The van der Waals surface area contributed by atoms with Crippen LogP contribution in [0.2, 0.25) is 0 Å². The molecule has 0 bridgehead atoms. The second-order valence-electron chi connectivity index (χ2n) is 5.02. The van der Waals surface area contributed by atoms with Crippen LogP contribution in [0.15, 0.2) is 42.5 Å². The van der Waals surface area contributed by atoms with Crippen LogP contribution in [0.5, 0.6) is 5.75 Å². The predicted molar refractivity (Wildman–Crippen MR) is 83.6 cm³/mol. The van der Waals surface area contributed by atoms with Crippen molar-refractivity contribution in [3.8, 4) is 5.75 Å². The Balaban J connectivity index is 1.72. The number of ether oxygens (including phenoxy) is 1.